The molecule has 4 heteroatoms. The second-order valence-electron chi connectivity index (χ2n) is 12.0. The van der Waals surface area contributed by atoms with Crippen molar-refractivity contribution in [3.63, 3.8) is 0 Å². The predicted octanol–water partition coefficient (Wildman–Crippen LogP) is 7.45. The Balaban J connectivity index is 1.49. The second-order valence-corrected chi connectivity index (χ2v) is 12.0. The fourth-order valence-corrected chi connectivity index (χ4v) is 5.33. The molecule has 2 aromatic heterocycles. The lowest BCUT2D eigenvalue weighted by atomic mass is 9.85. The van der Waals surface area contributed by atoms with E-state index >= 15 is 0 Å². The number of para-hydroxylation sites is 1. The van der Waals surface area contributed by atoms with Gasteiger partial charge >= 0.3 is 0 Å². The Morgan fingerprint density at radius 3 is 2.42 bits per heavy atom. The molecule has 1 aliphatic rings. The van der Waals surface area contributed by atoms with Crippen molar-refractivity contribution in [3.05, 3.63) is 71.2 Å². The number of nitrogens with zero attached hydrogens (tertiary/aromatic N) is 3. The number of aryl methyl sites for hydroxylation is 1. The number of hydrogen-bond donors (Lipinski definition) is 1. The molecule has 36 heavy (non-hydrogen) atoms. The molecule has 190 valence electrons. The number of imidazole rings is 1. The Bertz CT molecular complexity index is 1310. The molecular formula is C32H42N4. The van der Waals surface area contributed by atoms with E-state index in [-0.39, 0.29) is 5.41 Å². The van der Waals surface area contributed by atoms with Crippen LogP contribution in [0.5, 0.6) is 0 Å². The van der Waals surface area contributed by atoms with Crippen LogP contribution in [-0.2, 0) is 25.9 Å². The fraction of sp³-hybridized carbons (Fsp3) is 0.500. The minimum absolute atomic E-state index is 0.151. The van der Waals surface area contributed by atoms with E-state index in [1.807, 2.05) is 0 Å². The lowest BCUT2D eigenvalue weighted by molar-refractivity contribution is 0.301. The lowest BCUT2D eigenvalue weighted by Crippen LogP contribution is -2.26. The van der Waals surface area contributed by atoms with Crippen LogP contribution >= 0.6 is 0 Å². The van der Waals surface area contributed by atoms with Gasteiger partial charge in [-0.05, 0) is 60.8 Å². The molecule has 4 nitrogen and oxygen atoms in total. The Kier molecular flexibility index (Phi) is 7.43. The van der Waals surface area contributed by atoms with E-state index < -0.39 is 0 Å². The van der Waals surface area contributed by atoms with Gasteiger partial charge in [-0.15, -0.1) is 0 Å². The third-order valence-corrected chi connectivity index (χ3v) is 7.54. The number of aromatic nitrogens is 3. The summed E-state index contributed by atoms with van der Waals surface area (Å²) in [6, 6.07) is 17.8. The molecular weight excluding hydrogens is 440 g/mol. The molecule has 2 heterocycles. The number of fused-ring (bicyclic) bond motifs is 3. The van der Waals surface area contributed by atoms with Crippen LogP contribution in [0.3, 0.4) is 0 Å². The van der Waals surface area contributed by atoms with Gasteiger partial charge in [0.2, 0.25) is 0 Å². The molecule has 5 rings (SSSR count). The molecule has 0 radical (unpaired) electrons. The Hall–Kier alpha value is -2.72. The molecule has 1 N–H and O–H groups in total. The highest BCUT2D eigenvalue weighted by atomic mass is 15.1. The molecule has 1 saturated carbocycles. The average Bonchev–Trinajstić information content (AvgIpc) is 3.18. The van der Waals surface area contributed by atoms with Gasteiger partial charge in [-0.1, -0.05) is 83.0 Å². The fourth-order valence-electron chi connectivity index (χ4n) is 5.33. The largest absolute Gasteiger partial charge is 0.323 e. The first-order valence-corrected chi connectivity index (χ1v) is 14.0. The summed E-state index contributed by atoms with van der Waals surface area (Å²) < 4.78 is 2.48. The summed E-state index contributed by atoms with van der Waals surface area (Å²) >= 11 is 0. The zero-order valence-electron chi connectivity index (χ0n) is 22.6. The van der Waals surface area contributed by atoms with Crippen molar-refractivity contribution in [2.24, 2.45) is 11.3 Å². The van der Waals surface area contributed by atoms with Crippen molar-refractivity contribution < 1.29 is 0 Å². The van der Waals surface area contributed by atoms with Crippen LogP contribution in [0.25, 0.3) is 21.9 Å². The monoisotopic (exact) mass is 482 g/mol. The van der Waals surface area contributed by atoms with Gasteiger partial charge in [0.1, 0.15) is 11.3 Å². The maximum Gasteiger partial charge on any atom is 0.111 e. The molecule has 4 aromatic rings. The topological polar surface area (TPSA) is 42.7 Å². The van der Waals surface area contributed by atoms with Crippen LogP contribution in [-0.4, -0.2) is 21.1 Å². The van der Waals surface area contributed by atoms with Crippen molar-refractivity contribution in [1.29, 1.82) is 0 Å². The number of nitrogens with one attached hydrogen (secondary N) is 1. The minimum atomic E-state index is 0.151. The Morgan fingerprint density at radius 1 is 0.972 bits per heavy atom. The van der Waals surface area contributed by atoms with Crippen molar-refractivity contribution >= 4 is 21.9 Å². The average molecular weight is 483 g/mol. The molecule has 0 aliphatic heterocycles. The molecule has 0 saturated heterocycles. The highest BCUT2D eigenvalue weighted by Gasteiger charge is 2.22. The molecule has 0 atom stereocenters. The molecule has 2 aromatic carbocycles. The van der Waals surface area contributed by atoms with E-state index in [4.69, 9.17) is 9.97 Å². The summed E-state index contributed by atoms with van der Waals surface area (Å²) in [6.07, 6.45) is 8.43. The molecule has 1 aliphatic carbocycles. The standard InChI is InChI=1S/C32H42N4/c1-5-6-14-29-35-30-28(19-32(2,3)4)34-27-13-8-7-12-26(27)31(30)36(29)22-25-17-15-24(16-18-25)21-33-20-23-10-9-11-23/h7-8,12-13,15-18,23,33H,5-6,9-11,14,19-22H2,1-4H3. The second kappa shape index (κ2) is 10.7. The predicted molar refractivity (Wildman–Crippen MR) is 151 cm³/mol. The van der Waals surface area contributed by atoms with Gasteiger partial charge in [0.15, 0.2) is 0 Å². The van der Waals surface area contributed by atoms with Gasteiger partial charge in [0.25, 0.3) is 0 Å². The summed E-state index contributed by atoms with van der Waals surface area (Å²) in [7, 11) is 0. The quantitative estimate of drug-likeness (QED) is 0.255. The van der Waals surface area contributed by atoms with Gasteiger partial charge in [-0.2, -0.15) is 0 Å². The summed E-state index contributed by atoms with van der Waals surface area (Å²) in [5.74, 6) is 2.08. The Morgan fingerprint density at radius 2 is 1.72 bits per heavy atom. The molecule has 1 fully saturated rings. The van der Waals surface area contributed by atoms with E-state index in [0.29, 0.717) is 0 Å². The highest BCUT2D eigenvalue weighted by molar-refractivity contribution is 6.03. The van der Waals surface area contributed by atoms with E-state index in [9.17, 15) is 0 Å². The van der Waals surface area contributed by atoms with E-state index in [0.717, 1.165) is 61.5 Å². The summed E-state index contributed by atoms with van der Waals surface area (Å²) in [5.41, 5.74) is 7.37. The maximum absolute atomic E-state index is 5.26. The lowest BCUT2D eigenvalue weighted by Gasteiger charge is -2.25. The summed E-state index contributed by atoms with van der Waals surface area (Å²) in [6.45, 7) is 12.1. The van der Waals surface area contributed by atoms with Crippen molar-refractivity contribution in [2.75, 3.05) is 6.54 Å². The van der Waals surface area contributed by atoms with E-state index in [1.54, 1.807) is 0 Å². The molecule has 0 spiro atoms. The number of rotatable bonds is 10. The first-order valence-electron chi connectivity index (χ1n) is 14.0. The van der Waals surface area contributed by atoms with E-state index in [1.165, 1.54) is 53.5 Å². The van der Waals surface area contributed by atoms with Crippen LogP contribution in [0.4, 0.5) is 0 Å². The van der Waals surface area contributed by atoms with Gasteiger partial charge in [0.05, 0.1) is 16.7 Å². The number of unbranched alkanes of at least 4 members (excludes halogenated alkanes) is 1. The number of benzene rings is 2. The van der Waals surface area contributed by atoms with Crippen LogP contribution in [0.1, 0.15) is 82.4 Å². The van der Waals surface area contributed by atoms with Crippen LogP contribution in [0, 0.1) is 11.3 Å². The van der Waals surface area contributed by atoms with Crippen molar-refractivity contribution in [1.82, 2.24) is 19.9 Å². The van der Waals surface area contributed by atoms with Gasteiger partial charge < -0.3 is 9.88 Å². The normalized spacial score (nSPS) is 14.6. The minimum Gasteiger partial charge on any atom is -0.323 e. The third kappa shape index (κ3) is 5.64. The smallest absolute Gasteiger partial charge is 0.111 e. The van der Waals surface area contributed by atoms with Gasteiger partial charge in [0, 0.05) is 24.9 Å². The van der Waals surface area contributed by atoms with Crippen LogP contribution in [0.2, 0.25) is 0 Å². The third-order valence-electron chi connectivity index (χ3n) is 7.54. The molecule has 0 unspecified atom stereocenters. The summed E-state index contributed by atoms with van der Waals surface area (Å²) in [4.78, 5) is 10.4. The first kappa shape index (κ1) is 25.0. The zero-order valence-corrected chi connectivity index (χ0v) is 22.6. The first-order chi connectivity index (χ1) is 17.4. The van der Waals surface area contributed by atoms with Crippen LogP contribution < -0.4 is 5.32 Å². The Labute approximate surface area is 216 Å². The number of hydrogen-bond acceptors (Lipinski definition) is 3. The van der Waals surface area contributed by atoms with Crippen molar-refractivity contribution in [2.45, 2.75) is 85.7 Å². The zero-order chi connectivity index (χ0) is 25.1. The van der Waals surface area contributed by atoms with Crippen molar-refractivity contribution in [3.8, 4) is 0 Å². The molecule has 0 amide bonds. The molecule has 0 bridgehead atoms. The highest BCUT2D eigenvalue weighted by Crippen LogP contribution is 2.32. The number of pyridine rings is 1. The summed E-state index contributed by atoms with van der Waals surface area (Å²) in [5, 5.41) is 4.85. The van der Waals surface area contributed by atoms with Gasteiger partial charge in [-0.25, -0.2) is 4.98 Å². The van der Waals surface area contributed by atoms with Crippen LogP contribution in [0.15, 0.2) is 48.5 Å². The van der Waals surface area contributed by atoms with Gasteiger partial charge in [-0.3, -0.25) is 4.98 Å². The SMILES string of the molecule is CCCCc1nc2c(CC(C)(C)C)nc3ccccc3c2n1Cc1ccc(CNCC2CCC2)cc1. The maximum atomic E-state index is 5.26. The van der Waals surface area contributed by atoms with E-state index in [2.05, 4.69) is 86.1 Å².